The van der Waals surface area contributed by atoms with Crippen LogP contribution in [0.2, 0.25) is 0 Å². The molecule has 1 aliphatic rings. The van der Waals surface area contributed by atoms with E-state index in [2.05, 4.69) is 5.32 Å². The van der Waals surface area contributed by atoms with Crippen LogP contribution in [0.15, 0.2) is 42.5 Å². The molecule has 2 heterocycles. The van der Waals surface area contributed by atoms with E-state index in [1.165, 1.54) is 7.05 Å². The number of nitrogens with two attached hydrogens (primary N) is 1. The number of anilines is 1. The lowest BCUT2D eigenvalue weighted by Crippen LogP contribution is -2.55. The molecule has 0 aliphatic carbocycles. The molecule has 1 saturated heterocycles. The van der Waals surface area contributed by atoms with Crippen molar-refractivity contribution in [2.75, 3.05) is 25.5 Å². The van der Waals surface area contributed by atoms with E-state index >= 15 is 0 Å². The predicted octanol–water partition coefficient (Wildman–Crippen LogP) is 3.76. The third kappa shape index (κ3) is 5.60. The highest BCUT2D eigenvalue weighted by Gasteiger charge is 2.45. The first-order valence-electron chi connectivity index (χ1n) is 11.5. The van der Waals surface area contributed by atoms with E-state index in [9.17, 15) is 14.7 Å². The van der Waals surface area contributed by atoms with Crippen molar-refractivity contribution in [2.45, 2.75) is 31.8 Å². The van der Waals surface area contributed by atoms with Gasteiger partial charge in [0, 0.05) is 38.4 Å². The maximum absolute atomic E-state index is 13.5. The zero-order valence-corrected chi connectivity index (χ0v) is 22.7. The average molecular weight is 550 g/mol. The summed E-state index contributed by atoms with van der Waals surface area (Å²) in [6, 6.07) is 12.8. The predicted molar refractivity (Wildman–Crippen MR) is 149 cm³/mol. The molecule has 1 aliphatic heterocycles. The number of nitrogens with one attached hydrogen (secondary N) is 2. The molecule has 3 aromatic rings. The van der Waals surface area contributed by atoms with Crippen LogP contribution in [0.25, 0.3) is 11.0 Å². The number of carbonyl (C=O) groups excluding carboxylic acids is 1. The second-order valence-electron chi connectivity index (χ2n) is 9.05. The fraction of sp³-hybridized carbons (Fsp3) is 0.360. The second-order valence-corrected chi connectivity index (χ2v) is 9.05. The third-order valence-corrected chi connectivity index (χ3v) is 6.95. The number of benzene rings is 2. The zero-order valence-electron chi connectivity index (χ0n) is 21.0. The van der Waals surface area contributed by atoms with Crippen LogP contribution >= 0.6 is 24.8 Å². The Morgan fingerprint density at radius 2 is 1.78 bits per heavy atom. The molecule has 0 radical (unpaired) electrons. The number of fused-ring (bicyclic) bond motifs is 1. The Kier molecular flexibility index (Phi) is 9.40. The summed E-state index contributed by atoms with van der Waals surface area (Å²) in [7, 11) is 3.36. The number of imidazole rings is 1. The molecular formula is C25H33Cl2N7O3. The monoisotopic (exact) mass is 549 g/mol. The molecule has 2 amide bonds. The van der Waals surface area contributed by atoms with Gasteiger partial charge in [0.15, 0.2) is 0 Å². The van der Waals surface area contributed by atoms with E-state index in [0.29, 0.717) is 36.3 Å². The topological polar surface area (TPSA) is 141 Å². The highest BCUT2D eigenvalue weighted by atomic mass is 35.5. The van der Waals surface area contributed by atoms with Gasteiger partial charge in [0.25, 0.3) is 5.91 Å². The van der Waals surface area contributed by atoms with Gasteiger partial charge in [0.05, 0.1) is 17.6 Å². The number of aryl methyl sites for hydroxylation is 1. The maximum Gasteiger partial charge on any atom is 0.408 e. The van der Waals surface area contributed by atoms with Gasteiger partial charge in [-0.2, -0.15) is 0 Å². The average Bonchev–Trinajstić information content (AvgIpc) is 3.49. The largest absolute Gasteiger partial charge is 0.465 e. The van der Waals surface area contributed by atoms with E-state index < -0.39 is 11.6 Å². The molecule has 5 N–H and O–H groups in total. The second kappa shape index (κ2) is 11.7. The standard InChI is InChI=1S/C25H31N7O3.2ClH/c1-25(31(3)24(34)35,23(33)32-12-4-5-13-32)17-8-11-20-19(14-17)29-21(30(20)2)15-28-18-9-6-16(7-10-18)22(26)27;;/h6-11,14,28H,4-5,12-13,15H2,1-3H3,(H3,26,27)(H,34,35);2*1H. The number of likely N-dealkylation sites (tertiary alicyclic amines) is 1. The minimum absolute atomic E-state index is 0. The Balaban J connectivity index is 0.00000241. The number of carboxylic acid groups (broad SMARTS) is 1. The molecule has 0 spiro atoms. The number of hydrogen-bond donors (Lipinski definition) is 4. The number of amides is 2. The molecule has 12 heteroatoms. The maximum atomic E-state index is 13.5. The molecular weight excluding hydrogens is 517 g/mol. The normalized spacial score (nSPS) is 14.3. The van der Waals surface area contributed by atoms with Crippen molar-refractivity contribution in [2.24, 2.45) is 12.8 Å². The Morgan fingerprint density at radius 3 is 2.35 bits per heavy atom. The van der Waals surface area contributed by atoms with E-state index in [-0.39, 0.29) is 36.6 Å². The lowest BCUT2D eigenvalue weighted by Gasteiger charge is -2.38. The first-order valence-corrected chi connectivity index (χ1v) is 11.5. The van der Waals surface area contributed by atoms with Crippen molar-refractivity contribution in [1.82, 2.24) is 19.4 Å². The molecule has 10 nitrogen and oxygen atoms in total. The van der Waals surface area contributed by atoms with Crippen LogP contribution in [0, 0.1) is 5.41 Å². The number of nitrogens with zero attached hydrogens (tertiary/aromatic N) is 4. The summed E-state index contributed by atoms with van der Waals surface area (Å²) in [5.41, 5.74) is 7.83. The highest BCUT2D eigenvalue weighted by Crippen LogP contribution is 2.33. The van der Waals surface area contributed by atoms with Gasteiger partial charge in [-0.3, -0.25) is 15.1 Å². The zero-order chi connectivity index (χ0) is 25.3. The van der Waals surface area contributed by atoms with Crippen LogP contribution in [0.5, 0.6) is 0 Å². The van der Waals surface area contributed by atoms with Crippen molar-refractivity contribution >= 4 is 59.4 Å². The molecule has 2 aromatic carbocycles. The number of hydrogen-bond acceptors (Lipinski definition) is 5. The van der Waals surface area contributed by atoms with E-state index in [1.54, 1.807) is 24.0 Å². The lowest BCUT2D eigenvalue weighted by atomic mass is 9.88. The van der Waals surface area contributed by atoms with Gasteiger partial charge in [-0.25, -0.2) is 9.78 Å². The number of nitrogen functional groups attached to an aromatic ring is 1. The SMILES string of the molecule is CN(C(=O)O)C(C)(C(=O)N1CCCC1)c1ccc2c(c1)nc(CNc1ccc(C(=N)N)cc1)n2C.Cl.Cl. The van der Waals surface area contributed by atoms with Crippen molar-refractivity contribution in [1.29, 1.82) is 5.41 Å². The first kappa shape index (κ1) is 29.7. The summed E-state index contributed by atoms with van der Waals surface area (Å²) in [5, 5.41) is 20.6. The van der Waals surface area contributed by atoms with Gasteiger partial charge in [-0.05, 0) is 61.7 Å². The fourth-order valence-electron chi connectivity index (χ4n) is 4.54. The lowest BCUT2D eigenvalue weighted by molar-refractivity contribution is -0.141. The summed E-state index contributed by atoms with van der Waals surface area (Å²) >= 11 is 0. The number of likely N-dealkylation sites (N-methyl/N-ethyl adjacent to an activating group) is 1. The Labute approximate surface area is 228 Å². The number of amidine groups is 1. The Bertz CT molecular complexity index is 1290. The molecule has 1 aromatic heterocycles. The van der Waals surface area contributed by atoms with Crippen molar-refractivity contribution in [3.63, 3.8) is 0 Å². The number of aromatic nitrogens is 2. The minimum atomic E-state index is -1.36. The van der Waals surface area contributed by atoms with Gasteiger partial charge >= 0.3 is 6.09 Å². The van der Waals surface area contributed by atoms with Gasteiger partial charge in [0.2, 0.25) is 0 Å². The molecule has 200 valence electrons. The van der Waals surface area contributed by atoms with E-state index in [0.717, 1.165) is 34.8 Å². The molecule has 1 unspecified atom stereocenters. The number of rotatable bonds is 7. The summed E-state index contributed by atoms with van der Waals surface area (Å²) in [6.45, 7) is 3.39. The number of carbonyl (C=O) groups is 2. The van der Waals surface area contributed by atoms with Gasteiger partial charge in [0.1, 0.15) is 17.2 Å². The quantitative estimate of drug-likeness (QED) is 0.261. The third-order valence-electron chi connectivity index (χ3n) is 6.95. The Hall–Kier alpha value is -3.50. The van der Waals surface area contributed by atoms with Crippen molar-refractivity contribution in [3.8, 4) is 0 Å². The van der Waals surface area contributed by atoms with Gasteiger partial charge in [-0.15, -0.1) is 24.8 Å². The highest BCUT2D eigenvalue weighted by molar-refractivity contribution is 5.95. The van der Waals surface area contributed by atoms with Crippen molar-refractivity contribution < 1.29 is 14.7 Å². The van der Waals surface area contributed by atoms with Gasteiger partial charge < -0.3 is 25.6 Å². The van der Waals surface area contributed by atoms with Crippen LogP contribution < -0.4 is 11.1 Å². The van der Waals surface area contributed by atoms with E-state index in [1.807, 2.05) is 41.9 Å². The molecule has 4 rings (SSSR count). The summed E-state index contributed by atoms with van der Waals surface area (Å²) in [6.07, 6.45) is 0.680. The summed E-state index contributed by atoms with van der Waals surface area (Å²) < 4.78 is 1.97. The van der Waals surface area contributed by atoms with Crippen LogP contribution in [0.1, 0.15) is 36.7 Å². The molecule has 1 atom stereocenters. The summed E-state index contributed by atoms with van der Waals surface area (Å²) in [5.74, 6) is 0.587. The first-order chi connectivity index (χ1) is 16.6. The van der Waals surface area contributed by atoms with Crippen molar-refractivity contribution in [3.05, 3.63) is 59.4 Å². The summed E-state index contributed by atoms with van der Waals surface area (Å²) in [4.78, 5) is 33.1. The Morgan fingerprint density at radius 1 is 1.16 bits per heavy atom. The van der Waals surface area contributed by atoms with E-state index in [4.69, 9.17) is 16.1 Å². The number of halogens is 2. The smallest absolute Gasteiger partial charge is 0.408 e. The van der Waals surface area contributed by atoms with Crippen LogP contribution in [-0.2, 0) is 23.9 Å². The fourth-order valence-corrected chi connectivity index (χ4v) is 4.54. The molecule has 37 heavy (non-hydrogen) atoms. The molecule has 0 saturated carbocycles. The van der Waals surface area contributed by atoms with Crippen LogP contribution in [-0.4, -0.2) is 62.4 Å². The van der Waals surface area contributed by atoms with Crippen LogP contribution in [0.3, 0.4) is 0 Å². The van der Waals surface area contributed by atoms with Gasteiger partial charge in [-0.1, -0.05) is 6.07 Å². The molecule has 1 fully saturated rings. The molecule has 0 bridgehead atoms. The van der Waals surface area contributed by atoms with Crippen LogP contribution in [0.4, 0.5) is 10.5 Å². The minimum Gasteiger partial charge on any atom is -0.465 e.